The van der Waals surface area contributed by atoms with E-state index in [1.807, 2.05) is 29.8 Å². The Morgan fingerprint density at radius 2 is 1.88 bits per heavy atom. The van der Waals surface area contributed by atoms with E-state index in [0.29, 0.717) is 16.4 Å². The van der Waals surface area contributed by atoms with Crippen molar-refractivity contribution in [3.63, 3.8) is 0 Å². The van der Waals surface area contributed by atoms with Gasteiger partial charge in [0.2, 0.25) is 5.91 Å². The van der Waals surface area contributed by atoms with E-state index in [0.717, 1.165) is 24.2 Å². The summed E-state index contributed by atoms with van der Waals surface area (Å²) >= 11 is 6.35. The van der Waals surface area contributed by atoms with E-state index in [1.54, 1.807) is 18.2 Å². The van der Waals surface area contributed by atoms with Gasteiger partial charge in [0, 0.05) is 18.2 Å². The maximum atomic E-state index is 11.3. The van der Waals surface area contributed by atoms with Crippen LogP contribution in [-0.4, -0.2) is 20.7 Å². The second-order valence-electron chi connectivity index (χ2n) is 6.41. The van der Waals surface area contributed by atoms with Crippen molar-refractivity contribution in [2.24, 2.45) is 12.8 Å². The molecule has 3 aromatic rings. The van der Waals surface area contributed by atoms with Crippen molar-refractivity contribution in [1.82, 2.24) is 14.8 Å². The SMILES string of the molecule is Cn1c(-c2ccc(C(N)=O)cc2Cl)nnc1C1(c2ccccc2)CC1. The van der Waals surface area contributed by atoms with Gasteiger partial charge in [-0.05, 0) is 36.6 Å². The first kappa shape index (κ1) is 15.8. The highest BCUT2D eigenvalue weighted by Crippen LogP contribution is 2.53. The van der Waals surface area contributed by atoms with Gasteiger partial charge in [-0.2, -0.15) is 0 Å². The highest BCUT2D eigenvalue weighted by Gasteiger charge is 2.49. The van der Waals surface area contributed by atoms with E-state index in [9.17, 15) is 4.79 Å². The molecule has 1 fully saturated rings. The van der Waals surface area contributed by atoms with Gasteiger partial charge in [0.05, 0.1) is 10.4 Å². The van der Waals surface area contributed by atoms with Crippen LogP contribution < -0.4 is 5.73 Å². The van der Waals surface area contributed by atoms with Crippen LogP contribution in [-0.2, 0) is 12.5 Å². The minimum absolute atomic E-state index is 0.0686. The summed E-state index contributed by atoms with van der Waals surface area (Å²) < 4.78 is 1.99. The third kappa shape index (κ3) is 2.51. The van der Waals surface area contributed by atoms with Crippen molar-refractivity contribution in [2.45, 2.75) is 18.3 Å². The molecule has 6 heteroatoms. The van der Waals surface area contributed by atoms with Crippen LogP contribution >= 0.6 is 11.6 Å². The van der Waals surface area contributed by atoms with Crippen molar-refractivity contribution in [3.8, 4) is 11.4 Å². The molecule has 0 aliphatic heterocycles. The summed E-state index contributed by atoms with van der Waals surface area (Å²) in [5, 5.41) is 9.26. The molecule has 1 aliphatic carbocycles. The summed E-state index contributed by atoms with van der Waals surface area (Å²) in [6.45, 7) is 0. The number of rotatable bonds is 4. The predicted molar refractivity (Wildman–Crippen MR) is 96.4 cm³/mol. The summed E-state index contributed by atoms with van der Waals surface area (Å²) in [5.41, 5.74) is 7.60. The number of aromatic nitrogens is 3. The zero-order valence-electron chi connectivity index (χ0n) is 13.7. The average molecular weight is 353 g/mol. The second kappa shape index (κ2) is 5.70. The average Bonchev–Trinajstić information content (AvgIpc) is 3.33. The van der Waals surface area contributed by atoms with Crippen LogP contribution in [0.15, 0.2) is 48.5 Å². The van der Waals surface area contributed by atoms with Gasteiger partial charge in [0.25, 0.3) is 0 Å². The fourth-order valence-electron chi connectivity index (χ4n) is 3.35. The predicted octanol–water partition coefficient (Wildman–Crippen LogP) is 3.31. The van der Waals surface area contributed by atoms with Gasteiger partial charge in [-0.25, -0.2) is 0 Å². The molecule has 5 nitrogen and oxygen atoms in total. The maximum absolute atomic E-state index is 11.3. The van der Waals surface area contributed by atoms with E-state index < -0.39 is 5.91 Å². The fraction of sp³-hybridized carbons (Fsp3) is 0.211. The molecular weight excluding hydrogens is 336 g/mol. The molecule has 1 heterocycles. The summed E-state index contributed by atoms with van der Waals surface area (Å²) in [4.78, 5) is 11.3. The van der Waals surface area contributed by atoms with Crippen molar-refractivity contribution in [3.05, 3.63) is 70.5 Å². The van der Waals surface area contributed by atoms with Gasteiger partial charge in [0.1, 0.15) is 5.82 Å². The lowest BCUT2D eigenvalue weighted by atomic mass is 9.95. The summed E-state index contributed by atoms with van der Waals surface area (Å²) in [5.74, 6) is 1.11. The van der Waals surface area contributed by atoms with Crippen molar-refractivity contribution >= 4 is 17.5 Å². The van der Waals surface area contributed by atoms with Gasteiger partial charge in [-0.1, -0.05) is 41.9 Å². The van der Waals surface area contributed by atoms with Crippen LogP contribution in [0, 0.1) is 0 Å². The molecule has 0 spiro atoms. The zero-order valence-corrected chi connectivity index (χ0v) is 14.5. The third-order valence-electron chi connectivity index (χ3n) is 4.87. The Morgan fingerprint density at radius 3 is 2.48 bits per heavy atom. The molecule has 1 aromatic heterocycles. The smallest absolute Gasteiger partial charge is 0.248 e. The molecule has 2 aromatic carbocycles. The van der Waals surface area contributed by atoms with E-state index in [-0.39, 0.29) is 5.41 Å². The molecule has 0 unspecified atom stereocenters. The fourth-order valence-corrected chi connectivity index (χ4v) is 3.62. The summed E-state index contributed by atoms with van der Waals surface area (Å²) in [6.07, 6.45) is 2.11. The van der Waals surface area contributed by atoms with Gasteiger partial charge < -0.3 is 10.3 Å². The number of hydrogen-bond donors (Lipinski definition) is 1. The first-order valence-electron chi connectivity index (χ1n) is 8.08. The minimum atomic E-state index is -0.506. The molecule has 0 atom stereocenters. The van der Waals surface area contributed by atoms with Crippen LogP contribution in [0.5, 0.6) is 0 Å². The maximum Gasteiger partial charge on any atom is 0.248 e. The van der Waals surface area contributed by atoms with Crippen molar-refractivity contribution in [1.29, 1.82) is 0 Å². The molecule has 25 heavy (non-hydrogen) atoms. The molecule has 1 saturated carbocycles. The number of nitrogens with zero attached hydrogens (tertiary/aromatic N) is 3. The van der Waals surface area contributed by atoms with E-state index in [2.05, 4.69) is 22.3 Å². The number of hydrogen-bond acceptors (Lipinski definition) is 3. The largest absolute Gasteiger partial charge is 0.366 e. The van der Waals surface area contributed by atoms with E-state index in [1.165, 1.54) is 5.56 Å². The Labute approximate surface area is 150 Å². The van der Waals surface area contributed by atoms with Gasteiger partial charge in [0.15, 0.2) is 5.82 Å². The third-order valence-corrected chi connectivity index (χ3v) is 5.19. The minimum Gasteiger partial charge on any atom is -0.366 e. The Balaban J connectivity index is 1.77. The van der Waals surface area contributed by atoms with Crippen molar-refractivity contribution in [2.75, 3.05) is 0 Å². The number of carbonyl (C=O) groups is 1. The molecule has 126 valence electrons. The monoisotopic (exact) mass is 352 g/mol. The van der Waals surface area contributed by atoms with E-state index >= 15 is 0 Å². The number of carbonyl (C=O) groups excluding carboxylic acids is 1. The molecule has 0 saturated heterocycles. The molecular formula is C19H17ClN4O. The van der Waals surface area contributed by atoms with Gasteiger partial charge in [-0.15, -0.1) is 10.2 Å². The van der Waals surface area contributed by atoms with Crippen LogP contribution in [0.2, 0.25) is 5.02 Å². The number of primary amides is 1. The lowest BCUT2D eigenvalue weighted by Gasteiger charge is -2.15. The highest BCUT2D eigenvalue weighted by atomic mass is 35.5. The summed E-state index contributed by atoms with van der Waals surface area (Å²) in [7, 11) is 1.95. The molecule has 0 radical (unpaired) electrons. The highest BCUT2D eigenvalue weighted by molar-refractivity contribution is 6.33. The Kier molecular flexibility index (Phi) is 3.62. The number of amides is 1. The lowest BCUT2D eigenvalue weighted by molar-refractivity contribution is 0.100. The molecule has 1 amide bonds. The topological polar surface area (TPSA) is 73.8 Å². The number of halogens is 1. The molecule has 2 N–H and O–H groups in total. The first-order chi connectivity index (χ1) is 12.0. The standard InChI is InChI=1S/C19H17ClN4O/c1-24-17(14-8-7-12(16(21)25)11-15(14)20)22-23-18(24)19(9-10-19)13-5-3-2-4-6-13/h2-8,11H,9-10H2,1H3,(H2,21,25). The first-order valence-corrected chi connectivity index (χ1v) is 8.46. The second-order valence-corrected chi connectivity index (χ2v) is 6.82. The normalized spacial score (nSPS) is 15.1. The number of benzene rings is 2. The Hall–Kier alpha value is -2.66. The Bertz CT molecular complexity index is 961. The number of nitrogens with two attached hydrogens (primary N) is 1. The van der Waals surface area contributed by atoms with Crippen LogP contribution in [0.25, 0.3) is 11.4 Å². The molecule has 0 bridgehead atoms. The zero-order chi connectivity index (χ0) is 17.6. The Morgan fingerprint density at radius 1 is 1.16 bits per heavy atom. The van der Waals surface area contributed by atoms with E-state index in [4.69, 9.17) is 17.3 Å². The summed E-state index contributed by atoms with van der Waals surface area (Å²) in [6, 6.07) is 15.4. The lowest BCUT2D eigenvalue weighted by Crippen LogP contribution is -2.15. The molecule has 4 rings (SSSR count). The van der Waals surface area contributed by atoms with Crippen LogP contribution in [0.3, 0.4) is 0 Å². The quantitative estimate of drug-likeness (QED) is 0.782. The van der Waals surface area contributed by atoms with Gasteiger partial charge >= 0.3 is 0 Å². The van der Waals surface area contributed by atoms with Crippen molar-refractivity contribution < 1.29 is 4.79 Å². The van der Waals surface area contributed by atoms with Crippen LogP contribution in [0.4, 0.5) is 0 Å². The van der Waals surface area contributed by atoms with Crippen LogP contribution in [0.1, 0.15) is 34.6 Å². The molecule has 1 aliphatic rings. The van der Waals surface area contributed by atoms with Gasteiger partial charge in [-0.3, -0.25) is 4.79 Å².